The van der Waals surface area contributed by atoms with E-state index < -0.39 is 15.7 Å². The number of furan rings is 1. The van der Waals surface area contributed by atoms with Gasteiger partial charge in [0.05, 0.1) is 23.5 Å². The molecule has 0 aliphatic carbocycles. The van der Waals surface area contributed by atoms with Crippen molar-refractivity contribution in [2.24, 2.45) is 0 Å². The Morgan fingerprint density at radius 2 is 1.85 bits per heavy atom. The van der Waals surface area contributed by atoms with Crippen LogP contribution in [0.1, 0.15) is 21.7 Å². The molecule has 1 heterocycles. The Kier molecular flexibility index (Phi) is 5.73. The summed E-state index contributed by atoms with van der Waals surface area (Å²) in [6.45, 7) is 0.422. The van der Waals surface area contributed by atoms with E-state index in [0.29, 0.717) is 17.9 Å². The zero-order valence-electron chi connectivity index (χ0n) is 14.7. The highest BCUT2D eigenvalue weighted by molar-refractivity contribution is 7.90. The number of methoxy groups -OCH3 is 1. The van der Waals surface area contributed by atoms with Gasteiger partial charge in [0.2, 0.25) is 0 Å². The number of amides is 1. The van der Waals surface area contributed by atoms with E-state index in [1.54, 1.807) is 43.5 Å². The van der Waals surface area contributed by atoms with Crippen LogP contribution in [0.25, 0.3) is 0 Å². The fraction of sp³-hybridized carbons (Fsp3) is 0.150. The average Bonchev–Trinajstić information content (AvgIpc) is 3.10. The van der Waals surface area contributed by atoms with Gasteiger partial charge in [-0.1, -0.05) is 30.3 Å². The fourth-order valence-electron chi connectivity index (χ4n) is 2.66. The Labute approximate surface area is 157 Å². The van der Waals surface area contributed by atoms with Crippen LogP contribution in [0.4, 0.5) is 5.69 Å². The first-order valence-corrected chi connectivity index (χ1v) is 9.88. The molecule has 0 aliphatic rings. The first-order chi connectivity index (χ1) is 13.0. The maximum absolute atomic E-state index is 12.6. The number of hydrogen-bond donors (Lipinski definition) is 1. The van der Waals surface area contributed by atoms with E-state index in [4.69, 9.17) is 9.15 Å². The summed E-state index contributed by atoms with van der Waals surface area (Å²) in [6, 6.07) is 16.8. The molecule has 6 nitrogen and oxygen atoms in total. The van der Waals surface area contributed by atoms with Gasteiger partial charge >= 0.3 is 0 Å². The molecule has 1 amide bonds. The van der Waals surface area contributed by atoms with Crippen LogP contribution in [-0.2, 0) is 26.9 Å². The summed E-state index contributed by atoms with van der Waals surface area (Å²) in [5, 5.41) is 2.73. The molecule has 1 N–H and O–H groups in total. The molecule has 0 spiro atoms. The quantitative estimate of drug-likeness (QED) is 0.671. The molecule has 0 saturated heterocycles. The second-order valence-electron chi connectivity index (χ2n) is 5.93. The normalized spacial score (nSPS) is 11.3. The summed E-state index contributed by atoms with van der Waals surface area (Å²) in [5.74, 6) is -0.848. The maximum atomic E-state index is 12.6. The van der Waals surface area contributed by atoms with Crippen molar-refractivity contribution in [1.82, 2.24) is 0 Å². The Hall–Kier alpha value is -2.90. The van der Waals surface area contributed by atoms with Gasteiger partial charge in [-0.15, -0.1) is 0 Å². The van der Waals surface area contributed by atoms with Crippen molar-refractivity contribution >= 4 is 21.4 Å². The molecular weight excluding hydrogens is 366 g/mol. The van der Waals surface area contributed by atoms with Crippen molar-refractivity contribution in [3.63, 3.8) is 0 Å². The van der Waals surface area contributed by atoms with E-state index in [9.17, 15) is 13.2 Å². The minimum Gasteiger partial charge on any atom is -0.459 e. The van der Waals surface area contributed by atoms with E-state index in [1.165, 1.54) is 24.5 Å². The molecule has 140 valence electrons. The van der Waals surface area contributed by atoms with Crippen molar-refractivity contribution in [2.75, 3.05) is 12.4 Å². The van der Waals surface area contributed by atoms with Crippen molar-refractivity contribution in [3.8, 4) is 0 Å². The Morgan fingerprint density at radius 1 is 1.07 bits per heavy atom. The van der Waals surface area contributed by atoms with Gasteiger partial charge in [0.25, 0.3) is 5.91 Å². The molecular formula is C20H19NO5S. The average molecular weight is 385 g/mol. The van der Waals surface area contributed by atoms with Crippen molar-refractivity contribution in [1.29, 1.82) is 0 Å². The van der Waals surface area contributed by atoms with Crippen molar-refractivity contribution in [2.45, 2.75) is 17.3 Å². The molecule has 0 radical (unpaired) electrons. The predicted octanol–water partition coefficient (Wildman–Crippen LogP) is 3.65. The summed E-state index contributed by atoms with van der Waals surface area (Å²) >= 11 is 0. The lowest BCUT2D eigenvalue weighted by Crippen LogP contribution is -2.15. The molecule has 0 saturated carbocycles. The van der Waals surface area contributed by atoms with E-state index in [2.05, 4.69) is 5.32 Å². The monoisotopic (exact) mass is 385 g/mol. The molecule has 3 rings (SSSR count). The summed E-state index contributed by atoms with van der Waals surface area (Å²) in [7, 11) is -1.99. The first-order valence-electron chi connectivity index (χ1n) is 8.23. The summed E-state index contributed by atoms with van der Waals surface area (Å²) in [4.78, 5) is 12.8. The van der Waals surface area contributed by atoms with Gasteiger partial charge in [-0.2, -0.15) is 0 Å². The van der Waals surface area contributed by atoms with Gasteiger partial charge < -0.3 is 14.5 Å². The topological polar surface area (TPSA) is 85.6 Å². The lowest BCUT2D eigenvalue weighted by molar-refractivity contribution is 0.0995. The number of rotatable bonds is 7. The van der Waals surface area contributed by atoms with Crippen LogP contribution >= 0.6 is 0 Å². The second kappa shape index (κ2) is 8.20. The summed E-state index contributed by atoms with van der Waals surface area (Å²) in [6.07, 6.45) is 1.31. The molecule has 0 unspecified atom stereocenters. The Bertz CT molecular complexity index is 1030. The lowest BCUT2D eigenvalue weighted by atomic mass is 10.2. The fourth-order valence-corrected chi connectivity index (χ4v) is 4.03. The van der Waals surface area contributed by atoms with E-state index in [-0.39, 0.29) is 16.4 Å². The van der Waals surface area contributed by atoms with Gasteiger partial charge in [0, 0.05) is 18.4 Å². The highest BCUT2D eigenvalue weighted by atomic mass is 32.2. The smallest absolute Gasteiger partial charge is 0.291 e. The standard InChI is InChI=1S/C20H19NO5S/c1-25-13-15-6-5-7-17(12-15)21-20(22)19-16(10-11-26-19)14-27(23,24)18-8-3-2-4-9-18/h2-12H,13-14H2,1H3,(H,21,22). The van der Waals surface area contributed by atoms with E-state index in [0.717, 1.165) is 5.56 Å². The zero-order valence-corrected chi connectivity index (χ0v) is 15.5. The number of hydrogen-bond acceptors (Lipinski definition) is 5. The molecule has 0 atom stereocenters. The van der Waals surface area contributed by atoms with Gasteiger partial charge in [-0.05, 0) is 35.9 Å². The van der Waals surface area contributed by atoms with Crippen LogP contribution in [0.5, 0.6) is 0 Å². The highest BCUT2D eigenvalue weighted by Crippen LogP contribution is 2.21. The number of benzene rings is 2. The van der Waals surface area contributed by atoms with Gasteiger partial charge in [0.1, 0.15) is 0 Å². The zero-order chi connectivity index (χ0) is 19.3. The number of ether oxygens (including phenoxy) is 1. The van der Waals surface area contributed by atoms with Crippen molar-refractivity contribution in [3.05, 3.63) is 83.8 Å². The summed E-state index contributed by atoms with van der Waals surface area (Å²) < 4.78 is 35.5. The second-order valence-corrected chi connectivity index (χ2v) is 7.92. The van der Waals surface area contributed by atoms with E-state index in [1.807, 2.05) is 6.07 Å². The number of sulfone groups is 1. The minimum absolute atomic E-state index is 0.0216. The number of carbonyl (C=O) groups is 1. The van der Waals surface area contributed by atoms with Crippen LogP contribution in [0.15, 0.2) is 76.2 Å². The lowest BCUT2D eigenvalue weighted by Gasteiger charge is -2.08. The van der Waals surface area contributed by atoms with Crippen LogP contribution < -0.4 is 5.32 Å². The van der Waals surface area contributed by atoms with E-state index >= 15 is 0 Å². The van der Waals surface area contributed by atoms with Crippen LogP contribution in [-0.4, -0.2) is 21.4 Å². The number of anilines is 1. The molecule has 0 aliphatic heterocycles. The Balaban J connectivity index is 1.78. The molecule has 1 aromatic heterocycles. The maximum Gasteiger partial charge on any atom is 0.291 e. The third-order valence-electron chi connectivity index (χ3n) is 3.90. The van der Waals surface area contributed by atoms with Crippen LogP contribution in [0.3, 0.4) is 0 Å². The van der Waals surface area contributed by atoms with Gasteiger partial charge in [0.15, 0.2) is 15.6 Å². The molecule has 7 heteroatoms. The highest BCUT2D eigenvalue weighted by Gasteiger charge is 2.22. The molecule has 0 bridgehead atoms. The van der Waals surface area contributed by atoms with Crippen LogP contribution in [0.2, 0.25) is 0 Å². The number of nitrogens with one attached hydrogen (secondary N) is 1. The third-order valence-corrected chi connectivity index (χ3v) is 5.58. The first kappa shape index (κ1) is 18.9. The van der Waals surface area contributed by atoms with Gasteiger partial charge in [-0.25, -0.2) is 8.42 Å². The van der Waals surface area contributed by atoms with Crippen molar-refractivity contribution < 1.29 is 22.4 Å². The Morgan fingerprint density at radius 3 is 2.59 bits per heavy atom. The minimum atomic E-state index is -3.58. The predicted molar refractivity (Wildman–Crippen MR) is 101 cm³/mol. The number of carbonyl (C=O) groups excluding carboxylic acids is 1. The molecule has 3 aromatic rings. The largest absolute Gasteiger partial charge is 0.459 e. The third kappa shape index (κ3) is 4.64. The van der Waals surface area contributed by atoms with Gasteiger partial charge in [-0.3, -0.25) is 4.79 Å². The summed E-state index contributed by atoms with van der Waals surface area (Å²) in [5.41, 5.74) is 1.79. The molecule has 0 fully saturated rings. The molecule has 2 aromatic carbocycles. The SMILES string of the molecule is COCc1cccc(NC(=O)c2occc2CS(=O)(=O)c2ccccc2)c1. The molecule has 27 heavy (non-hydrogen) atoms. The van der Waals surface area contributed by atoms with Crippen LogP contribution in [0, 0.1) is 0 Å².